The van der Waals surface area contributed by atoms with E-state index in [4.69, 9.17) is 0 Å². The van der Waals surface area contributed by atoms with Crippen LogP contribution in [0.15, 0.2) is 115 Å². The molecule has 30 heavy (non-hydrogen) atoms. The van der Waals surface area contributed by atoms with Crippen molar-refractivity contribution in [1.29, 1.82) is 0 Å². The zero-order chi connectivity index (χ0) is 21.2. The van der Waals surface area contributed by atoms with E-state index in [1.165, 1.54) is 0 Å². The Morgan fingerprint density at radius 2 is 1.07 bits per heavy atom. The second kappa shape index (κ2) is 7.71. The van der Waals surface area contributed by atoms with Gasteiger partial charge in [0, 0.05) is 5.92 Å². The van der Waals surface area contributed by atoms with Crippen molar-refractivity contribution in [3.05, 3.63) is 132 Å². The maximum absolute atomic E-state index is 12.7. The first kappa shape index (κ1) is 20.3. The summed E-state index contributed by atoms with van der Waals surface area (Å²) in [6.45, 7) is 4.20. The van der Waals surface area contributed by atoms with Gasteiger partial charge in [0.05, 0.1) is 0 Å². The molecule has 0 radical (unpaired) electrons. The van der Waals surface area contributed by atoms with Gasteiger partial charge < -0.3 is 10.2 Å². The van der Waals surface area contributed by atoms with Crippen LogP contribution in [0.3, 0.4) is 0 Å². The summed E-state index contributed by atoms with van der Waals surface area (Å²) in [5.41, 5.74) is -1.69. The molecule has 4 rings (SSSR count). The standard InChI is InChI=1S/C28H28O2/c1-26(2)21-13-12-20-25(26)28(30,24-18-10-5-11-19-24)27(29,22-14-6-3-7-15-22)23-16-8-4-9-17-23/h3-21,25,29-30H,1-2H3. The van der Waals surface area contributed by atoms with Crippen molar-refractivity contribution in [2.75, 3.05) is 0 Å². The van der Waals surface area contributed by atoms with Crippen LogP contribution in [0.4, 0.5) is 0 Å². The molecule has 0 saturated heterocycles. The van der Waals surface area contributed by atoms with E-state index in [-0.39, 0.29) is 11.3 Å². The highest BCUT2D eigenvalue weighted by molar-refractivity contribution is 5.46. The van der Waals surface area contributed by atoms with Gasteiger partial charge in [0.25, 0.3) is 0 Å². The number of aliphatic hydroxyl groups is 2. The van der Waals surface area contributed by atoms with Crippen molar-refractivity contribution in [3.63, 3.8) is 0 Å². The van der Waals surface area contributed by atoms with Crippen LogP contribution in [0, 0.1) is 11.3 Å². The van der Waals surface area contributed by atoms with Gasteiger partial charge in [-0.3, -0.25) is 0 Å². The van der Waals surface area contributed by atoms with Crippen LogP contribution in [-0.4, -0.2) is 10.2 Å². The van der Waals surface area contributed by atoms with Crippen molar-refractivity contribution in [1.82, 2.24) is 0 Å². The third-order valence-corrected chi connectivity index (χ3v) is 6.34. The topological polar surface area (TPSA) is 40.5 Å². The quantitative estimate of drug-likeness (QED) is 0.591. The van der Waals surface area contributed by atoms with Gasteiger partial charge >= 0.3 is 0 Å². The van der Waals surface area contributed by atoms with Gasteiger partial charge in [-0.05, 0) is 22.1 Å². The Morgan fingerprint density at radius 3 is 1.50 bits per heavy atom. The molecule has 1 aliphatic carbocycles. The number of rotatable bonds is 5. The van der Waals surface area contributed by atoms with Gasteiger partial charge in [-0.15, -0.1) is 0 Å². The summed E-state index contributed by atoms with van der Waals surface area (Å²) in [4.78, 5) is 0. The lowest BCUT2D eigenvalue weighted by atomic mass is 9.56. The van der Waals surface area contributed by atoms with E-state index in [1.807, 2.05) is 109 Å². The monoisotopic (exact) mass is 396 g/mol. The lowest BCUT2D eigenvalue weighted by Gasteiger charge is -2.52. The molecule has 1 aliphatic rings. The van der Waals surface area contributed by atoms with Crippen LogP contribution in [0.1, 0.15) is 30.5 Å². The maximum Gasteiger partial charge on any atom is 0.148 e. The first-order chi connectivity index (χ1) is 14.4. The molecule has 2 heteroatoms. The highest BCUT2D eigenvalue weighted by atomic mass is 16.4. The maximum atomic E-state index is 12.7. The molecule has 0 aromatic heterocycles. The number of hydrogen-bond acceptors (Lipinski definition) is 2. The number of allylic oxidation sites excluding steroid dienone is 3. The number of benzene rings is 3. The number of hydrogen-bond donors (Lipinski definition) is 2. The summed E-state index contributed by atoms with van der Waals surface area (Å²) < 4.78 is 0. The van der Waals surface area contributed by atoms with E-state index >= 15 is 0 Å². The van der Waals surface area contributed by atoms with Crippen LogP contribution in [0.5, 0.6) is 0 Å². The molecule has 0 amide bonds. The summed E-state index contributed by atoms with van der Waals surface area (Å²) in [5, 5.41) is 25.3. The highest BCUT2D eigenvalue weighted by Crippen LogP contribution is 2.55. The van der Waals surface area contributed by atoms with Crippen LogP contribution in [0.25, 0.3) is 0 Å². The average Bonchev–Trinajstić information content (AvgIpc) is 2.79. The zero-order valence-corrected chi connectivity index (χ0v) is 17.4. The van der Waals surface area contributed by atoms with Gasteiger partial charge in [0.2, 0.25) is 0 Å². The summed E-state index contributed by atoms with van der Waals surface area (Å²) in [7, 11) is 0. The van der Waals surface area contributed by atoms with Gasteiger partial charge in [-0.1, -0.05) is 129 Å². The van der Waals surface area contributed by atoms with E-state index in [2.05, 4.69) is 19.9 Å². The summed E-state index contributed by atoms with van der Waals surface area (Å²) >= 11 is 0. The Bertz CT molecular complexity index is 996. The van der Waals surface area contributed by atoms with E-state index in [0.29, 0.717) is 16.7 Å². The predicted octanol–water partition coefficient (Wildman–Crippen LogP) is 5.58. The first-order valence-corrected chi connectivity index (χ1v) is 10.4. The van der Waals surface area contributed by atoms with E-state index < -0.39 is 11.2 Å². The molecule has 2 nitrogen and oxygen atoms in total. The molecule has 0 fully saturated rings. The minimum absolute atomic E-state index is 0.372. The average molecular weight is 397 g/mol. The van der Waals surface area contributed by atoms with Crippen LogP contribution in [-0.2, 0) is 11.2 Å². The second-order valence-corrected chi connectivity index (χ2v) is 8.62. The molecule has 0 bridgehead atoms. The van der Waals surface area contributed by atoms with Crippen LogP contribution in [0.2, 0.25) is 0 Å². The Labute approximate surface area is 178 Å². The molecule has 0 aliphatic heterocycles. The van der Waals surface area contributed by atoms with E-state index in [0.717, 1.165) is 0 Å². The van der Waals surface area contributed by atoms with Crippen molar-refractivity contribution < 1.29 is 10.2 Å². The predicted molar refractivity (Wildman–Crippen MR) is 122 cm³/mol. The molecule has 0 saturated carbocycles. The fraction of sp³-hybridized carbons (Fsp3) is 0.214. The van der Waals surface area contributed by atoms with Crippen LogP contribution < -0.4 is 0 Å². The summed E-state index contributed by atoms with van der Waals surface area (Å²) in [5.74, 6) is -0.372. The molecular weight excluding hydrogens is 368 g/mol. The lowest BCUT2D eigenvalue weighted by molar-refractivity contribution is -0.179. The van der Waals surface area contributed by atoms with Gasteiger partial charge in [-0.25, -0.2) is 0 Å². The van der Waals surface area contributed by atoms with Crippen molar-refractivity contribution in [2.45, 2.75) is 25.0 Å². The fourth-order valence-corrected chi connectivity index (χ4v) is 4.78. The molecule has 0 spiro atoms. The molecule has 2 atom stereocenters. The molecule has 0 heterocycles. The van der Waals surface area contributed by atoms with Gasteiger partial charge in [0.1, 0.15) is 11.2 Å². The largest absolute Gasteiger partial charge is 0.381 e. The SMILES string of the molecule is CC1(C)C=CC=CC1C(O)(c1ccccc1)C(O)(c1ccccc1)c1ccccc1. The Balaban J connectivity index is 2.08. The second-order valence-electron chi connectivity index (χ2n) is 8.62. The third-order valence-electron chi connectivity index (χ3n) is 6.34. The minimum Gasteiger partial charge on any atom is -0.381 e. The Hall–Kier alpha value is -2.94. The van der Waals surface area contributed by atoms with Crippen molar-refractivity contribution in [2.24, 2.45) is 11.3 Å². The zero-order valence-electron chi connectivity index (χ0n) is 17.4. The summed E-state index contributed by atoms with van der Waals surface area (Å²) in [6.07, 6.45) is 8.08. The minimum atomic E-state index is -1.67. The Morgan fingerprint density at radius 1 is 0.633 bits per heavy atom. The normalized spacial score (nSPS) is 19.9. The molecule has 3 aromatic carbocycles. The van der Waals surface area contributed by atoms with Gasteiger partial charge in [-0.2, -0.15) is 0 Å². The first-order valence-electron chi connectivity index (χ1n) is 10.4. The van der Waals surface area contributed by atoms with Crippen LogP contribution >= 0.6 is 0 Å². The van der Waals surface area contributed by atoms with E-state index in [9.17, 15) is 10.2 Å². The van der Waals surface area contributed by atoms with Crippen molar-refractivity contribution in [3.8, 4) is 0 Å². The Kier molecular flexibility index (Phi) is 5.23. The van der Waals surface area contributed by atoms with E-state index in [1.54, 1.807) is 0 Å². The van der Waals surface area contributed by atoms with Gasteiger partial charge in [0.15, 0.2) is 0 Å². The molecule has 2 N–H and O–H groups in total. The lowest BCUT2D eigenvalue weighted by Crippen LogP contribution is -2.57. The molecular formula is C28H28O2. The fourth-order valence-electron chi connectivity index (χ4n) is 4.78. The highest BCUT2D eigenvalue weighted by Gasteiger charge is 2.59. The third kappa shape index (κ3) is 3.13. The van der Waals surface area contributed by atoms with Crippen molar-refractivity contribution >= 4 is 0 Å². The smallest absolute Gasteiger partial charge is 0.148 e. The summed E-state index contributed by atoms with van der Waals surface area (Å²) in [6, 6.07) is 28.5. The molecule has 152 valence electrons. The molecule has 2 unspecified atom stereocenters. The molecule has 3 aromatic rings.